The van der Waals surface area contributed by atoms with E-state index in [0.717, 1.165) is 31.2 Å². The predicted molar refractivity (Wildman–Crippen MR) is 57.6 cm³/mol. The minimum Gasteiger partial charge on any atom is -0.328 e. The van der Waals surface area contributed by atoms with Crippen molar-refractivity contribution in [3.8, 4) is 0 Å². The summed E-state index contributed by atoms with van der Waals surface area (Å²) in [4.78, 5) is 0. The smallest absolute Gasteiger partial charge is 0.00482 e. The molecular formula is C11H24N2. The van der Waals surface area contributed by atoms with Crippen molar-refractivity contribution in [2.24, 2.45) is 17.6 Å². The third kappa shape index (κ3) is 4.63. The van der Waals surface area contributed by atoms with Gasteiger partial charge in [0.2, 0.25) is 0 Å². The van der Waals surface area contributed by atoms with Gasteiger partial charge < -0.3 is 11.1 Å². The Hall–Kier alpha value is -0.0800. The van der Waals surface area contributed by atoms with Gasteiger partial charge in [0.25, 0.3) is 0 Å². The molecule has 78 valence electrons. The van der Waals surface area contributed by atoms with Gasteiger partial charge in [0.05, 0.1) is 0 Å². The lowest BCUT2D eigenvalue weighted by Crippen LogP contribution is -2.29. The summed E-state index contributed by atoms with van der Waals surface area (Å²) in [6.45, 7) is 6.77. The van der Waals surface area contributed by atoms with Crippen molar-refractivity contribution in [3.63, 3.8) is 0 Å². The molecule has 0 aromatic rings. The van der Waals surface area contributed by atoms with Crippen LogP contribution in [0.1, 0.15) is 39.5 Å². The van der Waals surface area contributed by atoms with Gasteiger partial charge in [-0.05, 0) is 50.6 Å². The van der Waals surface area contributed by atoms with E-state index in [1.807, 2.05) is 0 Å². The first-order valence-corrected chi connectivity index (χ1v) is 5.70. The summed E-state index contributed by atoms with van der Waals surface area (Å²) < 4.78 is 0. The van der Waals surface area contributed by atoms with Crippen LogP contribution in [0.15, 0.2) is 0 Å². The number of hydrogen-bond acceptors (Lipinski definition) is 2. The van der Waals surface area contributed by atoms with Crippen molar-refractivity contribution in [2.75, 3.05) is 13.1 Å². The Morgan fingerprint density at radius 1 is 1.46 bits per heavy atom. The number of rotatable bonds is 7. The van der Waals surface area contributed by atoms with Gasteiger partial charge in [0.1, 0.15) is 0 Å². The van der Waals surface area contributed by atoms with Crippen molar-refractivity contribution in [3.05, 3.63) is 0 Å². The average Bonchev–Trinajstić information content (AvgIpc) is 2.94. The third-order valence-electron chi connectivity index (χ3n) is 3.11. The van der Waals surface area contributed by atoms with E-state index in [-0.39, 0.29) is 0 Å². The largest absolute Gasteiger partial charge is 0.328 e. The molecule has 3 N–H and O–H groups in total. The second kappa shape index (κ2) is 5.61. The summed E-state index contributed by atoms with van der Waals surface area (Å²) in [6, 6.07) is 0.392. The van der Waals surface area contributed by atoms with Crippen LogP contribution in [0.3, 0.4) is 0 Å². The highest BCUT2D eigenvalue weighted by Gasteiger charge is 2.27. The maximum Gasteiger partial charge on any atom is 0.00482 e. The van der Waals surface area contributed by atoms with Crippen molar-refractivity contribution in [1.29, 1.82) is 0 Å². The molecule has 0 spiro atoms. The van der Waals surface area contributed by atoms with Gasteiger partial charge in [0.15, 0.2) is 0 Å². The molecule has 13 heavy (non-hydrogen) atoms. The Morgan fingerprint density at radius 3 is 2.69 bits per heavy atom. The minimum absolute atomic E-state index is 0.392. The molecule has 0 saturated heterocycles. The first-order valence-electron chi connectivity index (χ1n) is 5.70. The zero-order valence-electron chi connectivity index (χ0n) is 9.05. The van der Waals surface area contributed by atoms with Gasteiger partial charge in [-0.2, -0.15) is 0 Å². The Bertz CT molecular complexity index is 132. The molecule has 1 aliphatic carbocycles. The van der Waals surface area contributed by atoms with Crippen LogP contribution in [0.4, 0.5) is 0 Å². The van der Waals surface area contributed by atoms with E-state index in [0.29, 0.717) is 6.04 Å². The maximum atomic E-state index is 5.82. The summed E-state index contributed by atoms with van der Waals surface area (Å²) in [7, 11) is 0. The molecule has 2 unspecified atom stereocenters. The Balaban J connectivity index is 1.88. The monoisotopic (exact) mass is 184 g/mol. The molecule has 2 heteroatoms. The Kier molecular flexibility index (Phi) is 4.74. The van der Waals surface area contributed by atoms with E-state index in [1.54, 1.807) is 0 Å². The predicted octanol–water partition coefficient (Wildman–Crippen LogP) is 1.75. The van der Waals surface area contributed by atoms with Gasteiger partial charge >= 0.3 is 0 Å². The summed E-state index contributed by atoms with van der Waals surface area (Å²) in [5.41, 5.74) is 5.82. The number of hydrogen-bond donors (Lipinski definition) is 2. The second-order valence-corrected chi connectivity index (χ2v) is 4.48. The van der Waals surface area contributed by atoms with Crippen molar-refractivity contribution in [1.82, 2.24) is 5.32 Å². The molecular weight excluding hydrogens is 160 g/mol. The molecule has 0 aromatic heterocycles. The van der Waals surface area contributed by atoms with E-state index >= 15 is 0 Å². The Labute approximate surface area is 82.3 Å². The third-order valence-corrected chi connectivity index (χ3v) is 3.11. The summed E-state index contributed by atoms with van der Waals surface area (Å²) in [5, 5.41) is 3.49. The van der Waals surface area contributed by atoms with E-state index in [9.17, 15) is 0 Å². The van der Waals surface area contributed by atoms with Crippen LogP contribution in [0.25, 0.3) is 0 Å². The SMILES string of the molecule is CCC(N)CCNCC(C)C1CC1. The van der Waals surface area contributed by atoms with Crippen molar-refractivity contribution < 1.29 is 0 Å². The van der Waals surface area contributed by atoms with E-state index < -0.39 is 0 Å². The van der Waals surface area contributed by atoms with Crippen LogP contribution in [0.5, 0.6) is 0 Å². The van der Waals surface area contributed by atoms with Crippen LogP contribution < -0.4 is 11.1 Å². The lowest BCUT2D eigenvalue weighted by molar-refractivity contribution is 0.448. The standard InChI is InChI=1S/C11H24N2/c1-3-11(12)6-7-13-8-9(2)10-4-5-10/h9-11,13H,3-8,12H2,1-2H3. The number of nitrogens with one attached hydrogen (secondary N) is 1. The van der Waals surface area contributed by atoms with Crippen LogP contribution in [0, 0.1) is 11.8 Å². The van der Waals surface area contributed by atoms with Gasteiger partial charge in [-0.1, -0.05) is 13.8 Å². The van der Waals surface area contributed by atoms with E-state index in [2.05, 4.69) is 19.2 Å². The molecule has 0 aromatic carbocycles. The van der Waals surface area contributed by atoms with E-state index in [1.165, 1.54) is 19.4 Å². The fourth-order valence-corrected chi connectivity index (χ4v) is 1.65. The first-order chi connectivity index (χ1) is 6.24. The lowest BCUT2D eigenvalue weighted by Gasteiger charge is -2.13. The molecule has 1 fully saturated rings. The molecule has 0 heterocycles. The maximum absolute atomic E-state index is 5.82. The van der Waals surface area contributed by atoms with Crippen LogP contribution in [-0.2, 0) is 0 Å². The molecule has 0 aliphatic heterocycles. The molecule has 0 radical (unpaired) electrons. The van der Waals surface area contributed by atoms with Crippen LogP contribution in [0.2, 0.25) is 0 Å². The summed E-state index contributed by atoms with van der Waals surface area (Å²) in [6.07, 6.45) is 5.13. The van der Waals surface area contributed by atoms with Gasteiger partial charge in [-0.3, -0.25) is 0 Å². The minimum atomic E-state index is 0.392. The van der Waals surface area contributed by atoms with Gasteiger partial charge in [-0.15, -0.1) is 0 Å². The van der Waals surface area contributed by atoms with Crippen molar-refractivity contribution in [2.45, 2.75) is 45.6 Å². The molecule has 1 rings (SSSR count). The zero-order valence-corrected chi connectivity index (χ0v) is 9.05. The zero-order chi connectivity index (χ0) is 9.68. The first kappa shape index (κ1) is 11.0. The van der Waals surface area contributed by atoms with Crippen LogP contribution in [-0.4, -0.2) is 19.1 Å². The molecule has 2 atom stereocenters. The molecule has 0 bridgehead atoms. The fourth-order valence-electron chi connectivity index (χ4n) is 1.65. The van der Waals surface area contributed by atoms with E-state index in [4.69, 9.17) is 5.73 Å². The second-order valence-electron chi connectivity index (χ2n) is 4.48. The lowest BCUT2D eigenvalue weighted by atomic mass is 10.1. The molecule has 1 saturated carbocycles. The average molecular weight is 184 g/mol. The quantitative estimate of drug-likeness (QED) is 0.592. The Morgan fingerprint density at radius 2 is 2.15 bits per heavy atom. The molecule has 2 nitrogen and oxygen atoms in total. The normalized spacial score (nSPS) is 21.5. The molecule has 1 aliphatic rings. The topological polar surface area (TPSA) is 38.0 Å². The summed E-state index contributed by atoms with van der Waals surface area (Å²) >= 11 is 0. The van der Waals surface area contributed by atoms with Gasteiger partial charge in [-0.25, -0.2) is 0 Å². The van der Waals surface area contributed by atoms with Gasteiger partial charge in [0, 0.05) is 6.04 Å². The fraction of sp³-hybridized carbons (Fsp3) is 1.00. The summed E-state index contributed by atoms with van der Waals surface area (Å²) in [5.74, 6) is 1.89. The van der Waals surface area contributed by atoms with Crippen molar-refractivity contribution >= 4 is 0 Å². The molecule has 0 amide bonds. The number of nitrogens with two attached hydrogens (primary N) is 1. The highest BCUT2D eigenvalue weighted by atomic mass is 14.9. The highest BCUT2D eigenvalue weighted by molar-refractivity contribution is 4.79. The van der Waals surface area contributed by atoms with Crippen LogP contribution >= 0.6 is 0 Å². The highest BCUT2D eigenvalue weighted by Crippen LogP contribution is 2.35.